The molecule has 1 aliphatic heterocycles. The molecule has 0 unspecified atom stereocenters. The predicted octanol–water partition coefficient (Wildman–Crippen LogP) is 3.01. The van der Waals surface area contributed by atoms with Crippen molar-refractivity contribution < 1.29 is 0 Å². The van der Waals surface area contributed by atoms with Gasteiger partial charge >= 0.3 is 0 Å². The molecule has 0 atom stereocenters. The van der Waals surface area contributed by atoms with Crippen LogP contribution in [-0.4, -0.2) is 13.1 Å². The zero-order valence-corrected chi connectivity index (χ0v) is 10.5. The molecule has 2 N–H and O–H groups in total. The van der Waals surface area contributed by atoms with E-state index in [-0.39, 0.29) is 5.54 Å². The first kappa shape index (κ1) is 11.1. The van der Waals surface area contributed by atoms with Crippen molar-refractivity contribution in [2.45, 2.75) is 44.1 Å². The number of nitrogens with zero attached hydrogens (tertiary/aromatic N) is 1. The summed E-state index contributed by atoms with van der Waals surface area (Å²) in [6.45, 7) is 2.43. The molecule has 0 amide bonds. The van der Waals surface area contributed by atoms with Crippen LogP contribution in [0, 0.1) is 0 Å². The fraction of sp³-hybridized carbons (Fsp3) is 0.600. The molecule has 3 rings (SSSR count). The molecule has 0 aromatic heterocycles. The van der Waals surface area contributed by atoms with Crippen molar-refractivity contribution in [3.8, 4) is 0 Å². The van der Waals surface area contributed by atoms with Crippen LogP contribution in [0.15, 0.2) is 24.3 Å². The topological polar surface area (TPSA) is 29.3 Å². The van der Waals surface area contributed by atoms with E-state index in [4.69, 9.17) is 5.73 Å². The van der Waals surface area contributed by atoms with Crippen molar-refractivity contribution in [3.05, 3.63) is 29.8 Å². The molecule has 2 nitrogen and oxygen atoms in total. The van der Waals surface area contributed by atoms with Gasteiger partial charge in [0.2, 0.25) is 0 Å². The van der Waals surface area contributed by atoms with Crippen LogP contribution >= 0.6 is 0 Å². The van der Waals surface area contributed by atoms with E-state index >= 15 is 0 Å². The highest BCUT2D eigenvalue weighted by Crippen LogP contribution is 2.36. The molecule has 1 heterocycles. The van der Waals surface area contributed by atoms with Crippen LogP contribution in [0.2, 0.25) is 0 Å². The Balaban J connectivity index is 1.79. The monoisotopic (exact) mass is 230 g/mol. The lowest BCUT2D eigenvalue weighted by molar-refractivity contribution is 0.462. The van der Waals surface area contributed by atoms with Crippen LogP contribution in [0.3, 0.4) is 0 Å². The summed E-state index contributed by atoms with van der Waals surface area (Å²) in [5.41, 5.74) is 9.13. The van der Waals surface area contributed by atoms with Gasteiger partial charge in [-0.1, -0.05) is 25.0 Å². The Morgan fingerprint density at radius 3 is 2.06 bits per heavy atom. The highest BCUT2D eigenvalue weighted by molar-refractivity contribution is 5.49. The highest BCUT2D eigenvalue weighted by atomic mass is 15.1. The molecule has 1 aromatic rings. The van der Waals surface area contributed by atoms with Gasteiger partial charge in [0.05, 0.1) is 0 Å². The number of hydrogen-bond donors (Lipinski definition) is 1. The third-order valence-electron chi connectivity index (χ3n) is 4.41. The number of hydrogen-bond acceptors (Lipinski definition) is 2. The molecule has 1 aromatic carbocycles. The molecule has 0 radical (unpaired) electrons. The van der Waals surface area contributed by atoms with Crippen molar-refractivity contribution >= 4 is 5.69 Å². The normalized spacial score (nSPS) is 23.2. The molecule has 92 valence electrons. The average Bonchev–Trinajstić information content (AvgIpc) is 3.01. The summed E-state index contributed by atoms with van der Waals surface area (Å²) in [5, 5.41) is 0. The van der Waals surface area contributed by atoms with Crippen molar-refractivity contribution in [2.75, 3.05) is 18.0 Å². The first-order valence-corrected chi connectivity index (χ1v) is 6.92. The van der Waals surface area contributed by atoms with Crippen molar-refractivity contribution in [3.63, 3.8) is 0 Å². The maximum absolute atomic E-state index is 6.47. The van der Waals surface area contributed by atoms with E-state index in [1.165, 1.54) is 50.0 Å². The van der Waals surface area contributed by atoms with Crippen molar-refractivity contribution in [1.82, 2.24) is 0 Å². The van der Waals surface area contributed by atoms with Crippen molar-refractivity contribution in [1.29, 1.82) is 0 Å². The zero-order valence-electron chi connectivity index (χ0n) is 10.5. The maximum atomic E-state index is 6.47. The number of anilines is 1. The summed E-state index contributed by atoms with van der Waals surface area (Å²) in [7, 11) is 0. The van der Waals surface area contributed by atoms with Gasteiger partial charge in [0.15, 0.2) is 0 Å². The second kappa shape index (κ2) is 4.34. The Kier molecular flexibility index (Phi) is 2.83. The average molecular weight is 230 g/mol. The van der Waals surface area contributed by atoms with Gasteiger partial charge in [-0.25, -0.2) is 0 Å². The maximum Gasteiger partial charge on any atom is 0.0409 e. The van der Waals surface area contributed by atoms with E-state index in [2.05, 4.69) is 29.2 Å². The van der Waals surface area contributed by atoms with Gasteiger partial charge in [-0.05, 0) is 43.4 Å². The van der Waals surface area contributed by atoms with Crippen LogP contribution in [0.4, 0.5) is 5.69 Å². The summed E-state index contributed by atoms with van der Waals surface area (Å²) in [6.07, 6.45) is 7.53. The third-order valence-corrected chi connectivity index (χ3v) is 4.41. The van der Waals surface area contributed by atoms with Crippen LogP contribution in [0.5, 0.6) is 0 Å². The largest absolute Gasteiger partial charge is 0.372 e. The van der Waals surface area contributed by atoms with Crippen LogP contribution < -0.4 is 10.6 Å². The van der Waals surface area contributed by atoms with Gasteiger partial charge in [-0.15, -0.1) is 0 Å². The highest BCUT2D eigenvalue weighted by Gasteiger charge is 2.31. The second-order valence-corrected chi connectivity index (χ2v) is 5.60. The van der Waals surface area contributed by atoms with Crippen LogP contribution in [0.1, 0.15) is 44.1 Å². The molecular weight excluding hydrogens is 208 g/mol. The Morgan fingerprint density at radius 1 is 0.882 bits per heavy atom. The van der Waals surface area contributed by atoms with Crippen LogP contribution in [-0.2, 0) is 5.54 Å². The minimum absolute atomic E-state index is 0.0382. The summed E-state index contributed by atoms with van der Waals surface area (Å²) in [5.74, 6) is 0. The molecule has 1 saturated carbocycles. The summed E-state index contributed by atoms with van der Waals surface area (Å²) >= 11 is 0. The standard InChI is InChI=1S/C15H22N2/c16-15(9-1-2-10-15)13-5-7-14(8-6-13)17-11-3-4-12-17/h5-8H,1-4,9-12,16H2. The lowest BCUT2D eigenvalue weighted by Crippen LogP contribution is -2.33. The van der Waals surface area contributed by atoms with E-state index in [0.717, 1.165) is 12.8 Å². The van der Waals surface area contributed by atoms with E-state index in [1.807, 2.05) is 0 Å². The predicted molar refractivity (Wildman–Crippen MR) is 72.2 cm³/mol. The summed E-state index contributed by atoms with van der Waals surface area (Å²) in [6, 6.07) is 9.01. The van der Waals surface area contributed by atoms with Gasteiger partial charge in [-0.3, -0.25) is 0 Å². The summed E-state index contributed by atoms with van der Waals surface area (Å²) < 4.78 is 0. The Hall–Kier alpha value is -1.02. The number of nitrogens with two attached hydrogens (primary N) is 1. The summed E-state index contributed by atoms with van der Waals surface area (Å²) in [4.78, 5) is 2.47. The molecule has 17 heavy (non-hydrogen) atoms. The Morgan fingerprint density at radius 2 is 1.47 bits per heavy atom. The van der Waals surface area contributed by atoms with E-state index in [0.29, 0.717) is 0 Å². The SMILES string of the molecule is NC1(c2ccc(N3CCCC3)cc2)CCCC1. The smallest absolute Gasteiger partial charge is 0.0409 e. The van der Waals surface area contributed by atoms with E-state index in [9.17, 15) is 0 Å². The molecule has 2 heteroatoms. The molecule has 0 spiro atoms. The fourth-order valence-electron chi connectivity index (χ4n) is 3.27. The van der Waals surface area contributed by atoms with Gasteiger partial charge in [0.25, 0.3) is 0 Å². The first-order chi connectivity index (χ1) is 8.28. The fourth-order valence-corrected chi connectivity index (χ4v) is 3.27. The third kappa shape index (κ3) is 2.06. The molecule has 0 bridgehead atoms. The lowest BCUT2D eigenvalue weighted by atomic mass is 9.89. The molecule has 2 aliphatic rings. The molecular formula is C15H22N2. The van der Waals surface area contributed by atoms with Gasteiger partial charge in [0, 0.05) is 24.3 Å². The lowest BCUT2D eigenvalue weighted by Gasteiger charge is -2.25. The Labute approximate surface area is 104 Å². The molecule has 1 saturated heterocycles. The van der Waals surface area contributed by atoms with Crippen LogP contribution in [0.25, 0.3) is 0 Å². The van der Waals surface area contributed by atoms with Gasteiger partial charge in [0.1, 0.15) is 0 Å². The van der Waals surface area contributed by atoms with Gasteiger partial charge < -0.3 is 10.6 Å². The quantitative estimate of drug-likeness (QED) is 0.846. The minimum Gasteiger partial charge on any atom is -0.372 e. The second-order valence-electron chi connectivity index (χ2n) is 5.60. The number of benzene rings is 1. The van der Waals surface area contributed by atoms with Crippen molar-refractivity contribution in [2.24, 2.45) is 5.73 Å². The van der Waals surface area contributed by atoms with E-state index < -0.39 is 0 Å². The Bertz CT molecular complexity index is 370. The first-order valence-electron chi connectivity index (χ1n) is 6.92. The van der Waals surface area contributed by atoms with E-state index in [1.54, 1.807) is 0 Å². The number of rotatable bonds is 2. The van der Waals surface area contributed by atoms with Gasteiger partial charge in [-0.2, -0.15) is 0 Å². The zero-order chi connectivity index (χ0) is 11.7. The molecule has 1 aliphatic carbocycles. The molecule has 2 fully saturated rings. The minimum atomic E-state index is -0.0382.